The number of pyridine rings is 1. The molecule has 0 aliphatic carbocycles. The van der Waals surface area contributed by atoms with E-state index in [-0.39, 0.29) is 18.2 Å². The zero-order valence-electron chi connectivity index (χ0n) is 9.06. The van der Waals surface area contributed by atoms with Gasteiger partial charge in [-0.3, -0.25) is 0 Å². The van der Waals surface area contributed by atoms with Gasteiger partial charge in [-0.05, 0) is 34.5 Å². The van der Waals surface area contributed by atoms with Gasteiger partial charge in [-0.2, -0.15) is 13.2 Å². The third-order valence-corrected chi connectivity index (χ3v) is 2.74. The molecule has 96 valence electrons. The molecule has 7 heteroatoms. The van der Waals surface area contributed by atoms with Crippen molar-refractivity contribution in [2.45, 2.75) is 13.1 Å². The molecular weight excluding hydrogens is 320 g/mol. The number of aromatic nitrogens is 1. The molecule has 0 aliphatic rings. The molecule has 0 unspecified atom stereocenters. The minimum Gasteiger partial charge on any atom is -0.345 e. The first-order valence-electron chi connectivity index (χ1n) is 4.83. The van der Waals surface area contributed by atoms with E-state index in [0.29, 0.717) is 4.47 Å². The molecule has 17 heavy (non-hydrogen) atoms. The number of anilines is 1. The summed E-state index contributed by atoms with van der Waals surface area (Å²) in [4.78, 5) is 5.11. The van der Waals surface area contributed by atoms with Gasteiger partial charge in [0.1, 0.15) is 12.4 Å². The minimum atomic E-state index is -4.28. The largest absolute Gasteiger partial charge is 0.405 e. The Morgan fingerprint density at radius 3 is 2.59 bits per heavy atom. The van der Waals surface area contributed by atoms with Crippen molar-refractivity contribution in [2.24, 2.45) is 0 Å². The molecule has 0 N–H and O–H groups in total. The minimum absolute atomic E-state index is 0.0930. The Labute approximate surface area is 111 Å². The summed E-state index contributed by atoms with van der Waals surface area (Å²) < 4.78 is 37.7. The van der Waals surface area contributed by atoms with Gasteiger partial charge in [-0.25, -0.2) is 4.98 Å². The topological polar surface area (TPSA) is 16.1 Å². The summed E-state index contributed by atoms with van der Waals surface area (Å²) in [6.45, 7) is 0.849. The van der Waals surface area contributed by atoms with Crippen molar-refractivity contribution in [1.29, 1.82) is 0 Å². The van der Waals surface area contributed by atoms with E-state index < -0.39 is 12.7 Å². The van der Waals surface area contributed by atoms with Crippen LogP contribution in [0.4, 0.5) is 19.0 Å². The number of nitrogens with zero attached hydrogens (tertiary/aromatic N) is 2. The Balaban J connectivity index is 2.97. The Kier molecular flexibility index (Phi) is 5.06. The van der Waals surface area contributed by atoms with Crippen LogP contribution in [0.2, 0.25) is 0 Å². The van der Waals surface area contributed by atoms with Crippen LogP contribution in [0.5, 0.6) is 0 Å². The van der Waals surface area contributed by atoms with Crippen LogP contribution in [0.15, 0.2) is 16.7 Å². The summed E-state index contributed by atoms with van der Waals surface area (Å²) in [6, 6.07) is 1.72. The Bertz CT molecular complexity index is 384. The molecule has 0 spiro atoms. The average molecular weight is 332 g/mol. The number of hydrogen-bond donors (Lipinski definition) is 0. The molecule has 2 nitrogen and oxygen atoms in total. The molecule has 1 heterocycles. The third kappa shape index (κ3) is 4.71. The fourth-order valence-corrected chi connectivity index (χ4v) is 2.26. The highest BCUT2D eigenvalue weighted by Crippen LogP contribution is 2.27. The number of halogens is 5. The van der Waals surface area contributed by atoms with Gasteiger partial charge in [-0.1, -0.05) is 0 Å². The lowest BCUT2D eigenvalue weighted by Crippen LogP contribution is -2.36. The van der Waals surface area contributed by atoms with Crippen LogP contribution in [0.3, 0.4) is 0 Å². The lowest BCUT2D eigenvalue weighted by atomic mass is 10.3. The van der Waals surface area contributed by atoms with Crippen LogP contribution in [0.1, 0.15) is 5.56 Å². The van der Waals surface area contributed by atoms with E-state index in [1.165, 1.54) is 6.20 Å². The van der Waals surface area contributed by atoms with E-state index in [1.54, 1.807) is 6.07 Å². The van der Waals surface area contributed by atoms with Crippen molar-refractivity contribution in [3.63, 3.8) is 0 Å². The fraction of sp³-hybridized carbons (Fsp3) is 0.500. The van der Waals surface area contributed by atoms with Crippen molar-refractivity contribution < 1.29 is 13.2 Å². The summed E-state index contributed by atoms with van der Waals surface area (Å²) in [6.07, 6.45) is -2.75. The molecule has 1 aromatic rings. The van der Waals surface area contributed by atoms with Crippen LogP contribution in [-0.4, -0.2) is 30.1 Å². The Hall–Kier alpha value is -0.490. The normalized spacial score (nSPS) is 11.6. The zero-order valence-corrected chi connectivity index (χ0v) is 11.4. The van der Waals surface area contributed by atoms with E-state index in [2.05, 4.69) is 20.9 Å². The molecule has 0 saturated heterocycles. The second kappa shape index (κ2) is 5.91. The predicted molar refractivity (Wildman–Crippen MR) is 65.7 cm³/mol. The summed E-state index contributed by atoms with van der Waals surface area (Å²) in [7, 11) is 0. The first kappa shape index (κ1) is 14.6. The van der Waals surface area contributed by atoms with Crippen LogP contribution < -0.4 is 4.90 Å². The summed E-state index contributed by atoms with van der Waals surface area (Å²) in [5.74, 6) is 0.367. The van der Waals surface area contributed by atoms with E-state index in [1.807, 2.05) is 6.92 Å². The highest BCUT2D eigenvalue weighted by molar-refractivity contribution is 9.10. The molecule has 0 aromatic carbocycles. The van der Waals surface area contributed by atoms with Crippen molar-refractivity contribution in [3.05, 3.63) is 22.3 Å². The maximum atomic E-state index is 12.4. The van der Waals surface area contributed by atoms with Gasteiger partial charge in [0.15, 0.2) is 0 Å². The van der Waals surface area contributed by atoms with Gasteiger partial charge in [0.25, 0.3) is 0 Å². The molecule has 0 radical (unpaired) electrons. The van der Waals surface area contributed by atoms with Crippen LogP contribution in [0, 0.1) is 6.92 Å². The fourth-order valence-electron chi connectivity index (χ4n) is 1.34. The third-order valence-electron chi connectivity index (χ3n) is 1.98. The molecule has 0 atom stereocenters. The lowest BCUT2D eigenvalue weighted by molar-refractivity contribution is -0.119. The van der Waals surface area contributed by atoms with Gasteiger partial charge in [0, 0.05) is 18.6 Å². The van der Waals surface area contributed by atoms with E-state index >= 15 is 0 Å². The number of hydrogen-bond acceptors (Lipinski definition) is 2. The molecule has 0 bridgehead atoms. The van der Waals surface area contributed by atoms with E-state index in [9.17, 15) is 13.2 Å². The zero-order chi connectivity index (χ0) is 13.1. The monoisotopic (exact) mass is 330 g/mol. The molecular formula is C10H11BrClF3N2. The molecule has 0 aliphatic heterocycles. The number of rotatable bonds is 4. The standard InChI is InChI=1S/C10H11BrClF3N2/c1-7-4-8(11)9(16-5-7)17(3-2-12)6-10(13,14)15/h4-5H,2-3,6H2,1H3. The predicted octanol–water partition coefficient (Wildman–Crippen LogP) is 3.76. The maximum absolute atomic E-state index is 12.4. The van der Waals surface area contributed by atoms with Gasteiger partial charge in [-0.15, -0.1) is 11.6 Å². The maximum Gasteiger partial charge on any atom is 0.405 e. The summed E-state index contributed by atoms with van der Waals surface area (Å²) in [5, 5.41) is 0. The molecule has 0 amide bonds. The highest BCUT2D eigenvalue weighted by atomic mass is 79.9. The van der Waals surface area contributed by atoms with Gasteiger partial charge < -0.3 is 4.90 Å². The second-order valence-electron chi connectivity index (χ2n) is 3.54. The van der Waals surface area contributed by atoms with Crippen LogP contribution >= 0.6 is 27.5 Å². The van der Waals surface area contributed by atoms with Crippen LogP contribution in [-0.2, 0) is 0 Å². The SMILES string of the molecule is Cc1cnc(N(CCCl)CC(F)(F)F)c(Br)c1. The summed E-state index contributed by atoms with van der Waals surface area (Å²) >= 11 is 8.72. The number of aryl methyl sites for hydroxylation is 1. The Morgan fingerprint density at radius 2 is 2.12 bits per heavy atom. The average Bonchev–Trinajstić information content (AvgIpc) is 2.14. The van der Waals surface area contributed by atoms with Crippen molar-refractivity contribution in [1.82, 2.24) is 4.98 Å². The van der Waals surface area contributed by atoms with Crippen molar-refractivity contribution in [3.8, 4) is 0 Å². The van der Waals surface area contributed by atoms with Gasteiger partial charge in [0.2, 0.25) is 0 Å². The van der Waals surface area contributed by atoms with Crippen molar-refractivity contribution >= 4 is 33.3 Å². The van der Waals surface area contributed by atoms with E-state index in [4.69, 9.17) is 11.6 Å². The molecule has 1 rings (SSSR count). The van der Waals surface area contributed by atoms with Gasteiger partial charge in [0.05, 0.1) is 4.47 Å². The number of alkyl halides is 4. The first-order valence-corrected chi connectivity index (χ1v) is 6.16. The Morgan fingerprint density at radius 1 is 1.47 bits per heavy atom. The smallest absolute Gasteiger partial charge is 0.345 e. The molecule has 0 fully saturated rings. The first-order chi connectivity index (χ1) is 7.83. The van der Waals surface area contributed by atoms with Crippen LogP contribution in [0.25, 0.3) is 0 Å². The quantitative estimate of drug-likeness (QED) is 0.781. The van der Waals surface area contributed by atoms with E-state index in [0.717, 1.165) is 10.5 Å². The molecule has 0 saturated carbocycles. The van der Waals surface area contributed by atoms with Gasteiger partial charge >= 0.3 is 6.18 Å². The van der Waals surface area contributed by atoms with Crippen molar-refractivity contribution in [2.75, 3.05) is 23.9 Å². The summed E-state index contributed by atoms with van der Waals surface area (Å²) in [5.41, 5.74) is 0.874. The second-order valence-corrected chi connectivity index (χ2v) is 4.78. The highest BCUT2D eigenvalue weighted by Gasteiger charge is 2.31. The molecule has 1 aromatic heterocycles. The lowest BCUT2D eigenvalue weighted by Gasteiger charge is -2.25.